The van der Waals surface area contributed by atoms with E-state index in [-0.39, 0.29) is 12.0 Å². The van der Waals surface area contributed by atoms with Crippen molar-refractivity contribution in [3.8, 4) is 0 Å². The van der Waals surface area contributed by atoms with Crippen LogP contribution in [0.3, 0.4) is 0 Å². The van der Waals surface area contributed by atoms with Gasteiger partial charge in [0.2, 0.25) is 0 Å². The number of aliphatic hydroxyl groups excluding tert-OH is 1. The molecule has 0 aromatic heterocycles. The Morgan fingerprint density at radius 1 is 1.33 bits per heavy atom. The molecular formula is C10H10F4O. The van der Waals surface area contributed by atoms with Crippen LogP contribution in [0.25, 0.3) is 0 Å². The largest absolute Gasteiger partial charge is 0.416 e. The molecule has 84 valence electrons. The van der Waals surface area contributed by atoms with Crippen molar-refractivity contribution in [2.45, 2.75) is 25.6 Å². The molecule has 0 amide bonds. The second kappa shape index (κ2) is 4.18. The van der Waals surface area contributed by atoms with Gasteiger partial charge in [-0.2, -0.15) is 13.2 Å². The van der Waals surface area contributed by atoms with Crippen LogP contribution in [0.2, 0.25) is 0 Å². The standard InChI is InChI=1S/C10H10F4O/c1-2-9(15)7-4-3-6(5-8(7)11)10(12,13)14/h3-5,9,15H,2H2,1H3. The fourth-order valence-corrected chi connectivity index (χ4v) is 1.19. The summed E-state index contributed by atoms with van der Waals surface area (Å²) in [7, 11) is 0. The zero-order valence-electron chi connectivity index (χ0n) is 7.98. The van der Waals surface area contributed by atoms with Gasteiger partial charge in [0.1, 0.15) is 5.82 Å². The first kappa shape index (κ1) is 12.0. The zero-order valence-corrected chi connectivity index (χ0v) is 7.98. The molecule has 1 nitrogen and oxygen atoms in total. The molecule has 15 heavy (non-hydrogen) atoms. The Morgan fingerprint density at radius 2 is 1.93 bits per heavy atom. The van der Waals surface area contributed by atoms with Crippen LogP contribution in [0.4, 0.5) is 17.6 Å². The Balaban J connectivity index is 3.09. The molecule has 5 heteroatoms. The van der Waals surface area contributed by atoms with Crippen molar-refractivity contribution in [1.29, 1.82) is 0 Å². The Bertz CT molecular complexity index is 346. The molecule has 0 saturated carbocycles. The van der Waals surface area contributed by atoms with E-state index in [1.54, 1.807) is 6.92 Å². The number of hydrogen-bond acceptors (Lipinski definition) is 1. The lowest BCUT2D eigenvalue weighted by molar-refractivity contribution is -0.137. The molecule has 1 atom stereocenters. The van der Waals surface area contributed by atoms with Crippen LogP contribution in [0.1, 0.15) is 30.6 Å². The van der Waals surface area contributed by atoms with Crippen molar-refractivity contribution in [1.82, 2.24) is 0 Å². The SMILES string of the molecule is CCC(O)c1ccc(C(F)(F)F)cc1F. The number of aliphatic hydroxyl groups is 1. The fourth-order valence-electron chi connectivity index (χ4n) is 1.19. The van der Waals surface area contributed by atoms with Gasteiger partial charge >= 0.3 is 6.18 Å². The molecule has 0 aliphatic carbocycles. The first-order chi connectivity index (χ1) is 6.86. The van der Waals surface area contributed by atoms with E-state index in [0.29, 0.717) is 6.07 Å². The molecule has 0 fully saturated rings. The van der Waals surface area contributed by atoms with Gasteiger partial charge in [-0.25, -0.2) is 4.39 Å². The summed E-state index contributed by atoms with van der Waals surface area (Å²) in [5.41, 5.74) is -1.16. The summed E-state index contributed by atoms with van der Waals surface area (Å²) in [5.74, 6) is -1.03. The number of benzene rings is 1. The van der Waals surface area contributed by atoms with Crippen molar-refractivity contribution in [3.05, 3.63) is 35.1 Å². The minimum atomic E-state index is -4.56. The zero-order chi connectivity index (χ0) is 11.6. The first-order valence-corrected chi connectivity index (χ1v) is 4.41. The second-order valence-electron chi connectivity index (χ2n) is 3.16. The fraction of sp³-hybridized carbons (Fsp3) is 0.400. The Labute approximate surface area is 84.3 Å². The van der Waals surface area contributed by atoms with Gasteiger partial charge in [0.15, 0.2) is 0 Å². The van der Waals surface area contributed by atoms with Gasteiger partial charge in [-0.1, -0.05) is 13.0 Å². The smallest absolute Gasteiger partial charge is 0.388 e. The maximum Gasteiger partial charge on any atom is 0.416 e. The summed E-state index contributed by atoms with van der Waals surface area (Å²) in [6.45, 7) is 1.61. The van der Waals surface area contributed by atoms with Gasteiger partial charge in [-0.05, 0) is 18.6 Å². The second-order valence-corrected chi connectivity index (χ2v) is 3.16. The third-order valence-electron chi connectivity index (χ3n) is 2.07. The molecule has 1 aromatic carbocycles. The molecule has 1 aromatic rings. The Kier molecular flexibility index (Phi) is 3.34. The van der Waals surface area contributed by atoms with E-state index in [0.717, 1.165) is 12.1 Å². The van der Waals surface area contributed by atoms with Gasteiger partial charge < -0.3 is 5.11 Å². The summed E-state index contributed by atoms with van der Waals surface area (Å²) in [5, 5.41) is 9.28. The van der Waals surface area contributed by atoms with Crippen LogP contribution in [-0.2, 0) is 6.18 Å². The Hall–Kier alpha value is -1.10. The van der Waals surface area contributed by atoms with Gasteiger partial charge in [0, 0.05) is 5.56 Å². The highest BCUT2D eigenvalue weighted by Crippen LogP contribution is 2.31. The lowest BCUT2D eigenvalue weighted by Gasteiger charge is -2.12. The number of rotatable bonds is 2. The summed E-state index contributed by atoms with van der Waals surface area (Å²) in [4.78, 5) is 0. The molecule has 0 aliphatic rings. The molecule has 1 N–H and O–H groups in total. The maximum atomic E-state index is 13.2. The van der Waals surface area contributed by atoms with E-state index in [1.807, 2.05) is 0 Å². The number of hydrogen-bond donors (Lipinski definition) is 1. The van der Waals surface area contributed by atoms with Crippen LogP contribution in [0, 0.1) is 5.82 Å². The summed E-state index contributed by atoms with van der Waals surface area (Å²) < 4.78 is 49.6. The van der Waals surface area contributed by atoms with Crippen LogP contribution in [-0.4, -0.2) is 5.11 Å². The van der Waals surface area contributed by atoms with E-state index in [2.05, 4.69) is 0 Å². The molecule has 0 radical (unpaired) electrons. The van der Waals surface area contributed by atoms with Crippen molar-refractivity contribution < 1.29 is 22.7 Å². The molecule has 0 heterocycles. The average molecular weight is 222 g/mol. The van der Waals surface area contributed by atoms with E-state index in [9.17, 15) is 22.7 Å². The molecule has 0 spiro atoms. The minimum absolute atomic E-state index is 0.106. The predicted molar refractivity (Wildman–Crippen MR) is 46.7 cm³/mol. The van der Waals surface area contributed by atoms with Crippen molar-refractivity contribution in [2.24, 2.45) is 0 Å². The average Bonchev–Trinajstić information content (AvgIpc) is 2.15. The quantitative estimate of drug-likeness (QED) is 0.761. The van der Waals surface area contributed by atoms with Gasteiger partial charge in [0.05, 0.1) is 11.7 Å². The van der Waals surface area contributed by atoms with E-state index >= 15 is 0 Å². The number of halogens is 4. The van der Waals surface area contributed by atoms with Gasteiger partial charge in [-0.15, -0.1) is 0 Å². The highest BCUT2D eigenvalue weighted by molar-refractivity contribution is 5.27. The molecule has 0 aliphatic heterocycles. The molecule has 1 unspecified atom stereocenters. The van der Waals surface area contributed by atoms with Crippen molar-refractivity contribution >= 4 is 0 Å². The number of alkyl halides is 3. The third-order valence-corrected chi connectivity index (χ3v) is 2.07. The topological polar surface area (TPSA) is 20.2 Å². The van der Waals surface area contributed by atoms with Gasteiger partial charge in [-0.3, -0.25) is 0 Å². The predicted octanol–water partition coefficient (Wildman–Crippen LogP) is 3.29. The van der Waals surface area contributed by atoms with Crippen LogP contribution in [0.15, 0.2) is 18.2 Å². The van der Waals surface area contributed by atoms with Crippen LogP contribution < -0.4 is 0 Å². The third kappa shape index (κ3) is 2.68. The highest BCUT2D eigenvalue weighted by Gasteiger charge is 2.31. The molecule has 0 saturated heterocycles. The van der Waals surface area contributed by atoms with Gasteiger partial charge in [0.25, 0.3) is 0 Å². The van der Waals surface area contributed by atoms with Crippen LogP contribution >= 0.6 is 0 Å². The maximum absolute atomic E-state index is 13.2. The first-order valence-electron chi connectivity index (χ1n) is 4.41. The molecule has 0 bridgehead atoms. The van der Waals surface area contributed by atoms with Crippen molar-refractivity contribution in [2.75, 3.05) is 0 Å². The van der Waals surface area contributed by atoms with E-state index < -0.39 is 23.7 Å². The van der Waals surface area contributed by atoms with Crippen molar-refractivity contribution in [3.63, 3.8) is 0 Å². The lowest BCUT2D eigenvalue weighted by atomic mass is 10.0. The minimum Gasteiger partial charge on any atom is -0.388 e. The monoisotopic (exact) mass is 222 g/mol. The summed E-state index contributed by atoms with van der Waals surface area (Å²) >= 11 is 0. The van der Waals surface area contributed by atoms with E-state index in [4.69, 9.17) is 0 Å². The molecule has 1 rings (SSSR count). The normalized spacial score (nSPS) is 14.0. The Morgan fingerprint density at radius 3 is 2.33 bits per heavy atom. The van der Waals surface area contributed by atoms with Crippen LogP contribution in [0.5, 0.6) is 0 Å². The van der Waals surface area contributed by atoms with E-state index in [1.165, 1.54) is 0 Å². The summed E-state index contributed by atoms with van der Waals surface area (Å²) in [6.07, 6.45) is -5.37. The lowest BCUT2D eigenvalue weighted by Crippen LogP contribution is -2.07. The highest BCUT2D eigenvalue weighted by atomic mass is 19.4. The summed E-state index contributed by atoms with van der Waals surface area (Å²) in [6, 6.07) is 2.12. The molecular weight excluding hydrogens is 212 g/mol.